The van der Waals surface area contributed by atoms with Gasteiger partial charge in [0.25, 0.3) is 0 Å². The maximum absolute atomic E-state index is 12.9. The van der Waals surface area contributed by atoms with Crippen LogP contribution in [-0.4, -0.2) is 25.2 Å². The summed E-state index contributed by atoms with van der Waals surface area (Å²) in [6.45, 7) is 0.890. The van der Waals surface area contributed by atoms with Crippen LogP contribution in [0.3, 0.4) is 0 Å². The monoisotopic (exact) mass is 453 g/mol. The van der Waals surface area contributed by atoms with Gasteiger partial charge in [0.1, 0.15) is 16.2 Å². The fourth-order valence-electron chi connectivity index (χ4n) is 3.20. The lowest BCUT2D eigenvalue weighted by Crippen LogP contribution is -2.36. The zero-order valence-electron chi connectivity index (χ0n) is 14.7. The Balaban J connectivity index is 1.58. The smallest absolute Gasteiger partial charge is 0.333 e. The number of nitrogens with zero attached hydrogens (tertiary/aromatic N) is 5. The molecule has 10 heteroatoms. The van der Waals surface area contributed by atoms with E-state index in [0.29, 0.717) is 35.5 Å². The molecule has 1 aliphatic heterocycles. The van der Waals surface area contributed by atoms with Crippen LogP contribution in [0.25, 0.3) is 11.4 Å². The van der Waals surface area contributed by atoms with Crippen LogP contribution in [0.1, 0.15) is 17.7 Å². The van der Waals surface area contributed by atoms with Crippen LogP contribution in [-0.2, 0) is 31.1 Å². The van der Waals surface area contributed by atoms with E-state index < -0.39 is 11.9 Å². The van der Waals surface area contributed by atoms with Crippen molar-refractivity contribution in [3.8, 4) is 11.4 Å². The van der Waals surface area contributed by atoms with E-state index in [9.17, 15) is 18.0 Å². The Kier molecular flexibility index (Phi) is 4.53. The molecule has 146 valence electrons. The Morgan fingerprint density at radius 1 is 1.21 bits per heavy atom. The lowest BCUT2D eigenvalue weighted by Gasteiger charge is -2.27. The van der Waals surface area contributed by atoms with Crippen molar-refractivity contribution in [1.82, 2.24) is 19.3 Å². The molecule has 0 spiro atoms. The number of halogens is 4. The van der Waals surface area contributed by atoms with Gasteiger partial charge in [-0.25, -0.2) is 9.67 Å². The summed E-state index contributed by atoms with van der Waals surface area (Å²) in [5.41, 5.74) is 0.500. The highest BCUT2D eigenvalue weighted by Gasteiger charge is 2.34. The van der Waals surface area contributed by atoms with Crippen LogP contribution in [0.2, 0.25) is 0 Å². The summed E-state index contributed by atoms with van der Waals surface area (Å²) >= 11 is 3.32. The predicted molar refractivity (Wildman–Crippen MR) is 99.4 cm³/mol. The molecule has 1 aromatic carbocycles. The van der Waals surface area contributed by atoms with Gasteiger partial charge in [0.15, 0.2) is 5.69 Å². The van der Waals surface area contributed by atoms with Gasteiger partial charge < -0.3 is 4.57 Å². The SMILES string of the molecule is Cn1cc(C(F)(F)F)nc1-c1ccc(CN2C(=O)CCn3nc(Br)cc32)cc1. The molecule has 3 aromatic rings. The van der Waals surface area contributed by atoms with Crippen molar-refractivity contribution in [2.45, 2.75) is 25.7 Å². The van der Waals surface area contributed by atoms with Crippen LogP contribution in [0, 0.1) is 0 Å². The highest BCUT2D eigenvalue weighted by atomic mass is 79.9. The van der Waals surface area contributed by atoms with Crippen LogP contribution in [0.4, 0.5) is 19.0 Å². The van der Waals surface area contributed by atoms with E-state index in [4.69, 9.17) is 0 Å². The molecule has 0 atom stereocenters. The molecule has 1 aliphatic rings. The van der Waals surface area contributed by atoms with E-state index >= 15 is 0 Å². The summed E-state index contributed by atoms with van der Waals surface area (Å²) in [5, 5.41) is 4.30. The van der Waals surface area contributed by atoms with Gasteiger partial charge in [0, 0.05) is 31.3 Å². The maximum Gasteiger partial charge on any atom is 0.434 e. The van der Waals surface area contributed by atoms with E-state index in [0.717, 1.165) is 11.8 Å². The second-order valence-corrected chi connectivity index (χ2v) is 7.35. The third-order valence-corrected chi connectivity index (χ3v) is 4.95. The van der Waals surface area contributed by atoms with Gasteiger partial charge in [-0.2, -0.15) is 18.3 Å². The third kappa shape index (κ3) is 3.44. The fourth-order valence-corrected chi connectivity index (χ4v) is 3.60. The molecule has 0 saturated heterocycles. The van der Waals surface area contributed by atoms with E-state index in [-0.39, 0.29) is 11.7 Å². The number of carbonyl (C=O) groups is 1. The largest absolute Gasteiger partial charge is 0.434 e. The highest BCUT2D eigenvalue weighted by Crippen LogP contribution is 2.31. The number of rotatable bonds is 3. The van der Waals surface area contributed by atoms with Crippen LogP contribution in [0.15, 0.2) is 41.1 Å². The van der Waals surface area contributed by atoms with E-state index in [1.807, 2.05) is 0 Å². The van der Waals surface area contributed by atoms with Crippen molar-refractivity contribution in [2.75, 3.05) is 4.90 Å². The molecular formula is C18H15BrF3N5O. The molecule has 2 aromatic heterocycles. The number of alkyl halides is 3. The first-order valence-electron chi connectivity index (χ1n) is 8.46. The fraction of sp³-hybridized carbons (Fsp3) is 0.278. The van der Waals surface area contributed by atoms with Crippen molar-refractivity contribution in [3.05, 3.63) is 52.4 Å². The molecule has 0 unspecified atom stereocenters. The summed E-state index contributed by atoms with van der Waals surface area (Å²) < 4.78 is 42.4. The summed E-state index contributed by atoms with van der Waals surface area (Å²) in [6, 6.07) is 8.78. The predicted octanol–water partition coefficient (Wildman–Crippen LogP) is 4.00. The number of hydrogen-bond donors (Lipinski definition) is 0. The van der Waals surface area contributed by atoms with Gasteiger partial charge in [-0.3, -0.25) is 9.69 Å². The van der Waals surface area contributed by atoms with Gasteiger partial charge in [0.2, 0.25) is 5.91 Å². The third-order valence-electron chi connectivity index (χ3n) is 4.56. The number of hydrogen-bond acceptors (Lipinski definition) is 3. The minimum Gasteiger partial charge on any atom is -0.333 e. The minimum absolute atomic E-state index is 0.00268. The van der Waals surface area contributed by atoms with Crippen LogP contribution < -0.4 is 4.90 Å². The Bertz CT molecular complexity index is 1040. The second-order valence-electron chi connectivity index (χ2n) is 6.53. The average Bonchev–Trinajstić information content (AvgIpc) is 3.20. The van der Waals surface area contributed by atoms with Crippen molar-refractivity contribution >= 4 is 27.7 Å². The van der Waals surface area contributed by atoms with Gasteiger partial charge in [-0.1, -0.05) is 24.3 Å². The molecule has 1 amide bonds. The molecule has 0 fully saturated rings. The first-order chi connectivity index (χ1) is 13.2. The number of imidazole rings is 1. The molecule has 0 radical (unpaired) electrons. The van der Waals surface area contributed by atoms with Crippen molar-refractivity contribution < 1.29 is 18.0 Å². The highest BCUT2D eigenvalue weighted by molar-refractivity contribution is 9.10. The Hall–Kier alpha value is -2.62. The molecule has 0 aliphatic carbocycles. The molecule has 3 heterocycles. The molecule has 28 heavy (non-hydrogen) atoms. The summed E-state index contributed by atoms with van der Waals surface area (Å²) in [6.07, 6.45) is -3.15. The summed E-state index contributed by atoms with van der Waals surface area (Å²) in [7, 11) is 1.52. The van der Waals surface area contributed by atoms with Crippen molar-refractivity contribution in [2.24, 2.45) is 7.05 Å². The van der Waals surface area contributed by atoms with Crippen molar-refractivity contribution in [1.29, 1.82) is 0 Å². The van der Waals surface area contributed by atoms with Crippen LogP contribution >= 0.6 is 15.9 Å². The first-order valence-corrected chi connectivity index (χ1v) is 9.25. The standard InChI is InChI=1S/C18H15BrF3N5O/c1-25-10-13(18(20,21)22)23-17(25)12-4-2-11(3-5-12)9-26-15-8-14(19)24-27(15)7-6-16(26)28/h2-5,8,10H,6-7,9H2,1H3. The number of amides is 1. The second kappa shape index (κ2) is 6.77. The number of aromatic nitrogens is 4. The van der Waals surface area contributed by atoms with E-state index in [1.54, 1.807) is 39.9 Å². The number of fused-ring (bicyclic) bond motifs is 1. The Labute approximate surface area is 166 Å². The lowest BCUT2D eigenvalue weighted by atomic mass is 10.1. The zero-order chi connectivity index (χ0) is 20.1. The lowest BCUT2D eigenvalue weighted by molar-refractivity contribution is -0.140. The van der Waals surface area contributed by atoms with E-state index in [1.165, 1.54) is 11.6 Å². The molecule has 4 rings (SSSR count). The number of anilines is 1. The number of carbonyl (C=O) groups excluding carboxylic acids is 1. The molecule has 0 saturated carbocycles. The van der Waals surface area contributed by atoms with Gasteiger partial charge in [-0.05, 0) is 21.5 Å². The Morgan fingerprint density at radius 3 is 2.57 bits per heavy atom. The summed E-state index contributed by atoms with van der Waals surface area (Å²) in [5.74, 6) is 0.948. The summed E-state index contributed by atoms with van der Waals surface area (Å²) in [4.78, 5) is 17.7. The van der Waals surface area contributed by atoms with Gasteiger partial charge >= 0.3 is 6.18 Å². The van der Waals surface area contributed by atoms with Gasteiger partial charge in [-0.15, -0.1) is 0 Å². The normalized spacial score (nSPS) is 14.5. The topological polar surface area (TPSA) is 56.0 Å². The average molecular weight is 454 g/mol. The Morgan fingerprint density at radius 2 is 1.93 bits per heavy atom. The number of benzene rings is 1. The van der Waals surface area contributed by atoms with Gasteiger partial charge in [0.05, 0.1) is 13.1 Å². The minimum atomic E-state index is -4.48. The quantitative estimate of drug-likeness (QED) is 0.602. The zero-order valence-corrected chi connectivity index (χ0v) is 16.3. The molecule has 6 nitrogen and oxygen atoms in total. The molecule has 0 N–H and O–H groups in total. The van der Waals surface area contributed by atoms with Crippen LogP contribution in [0.5, 0.6) is 0 Å². The number of aryl methyl sites for hydroxylation is 2. The molecule has 0 bridgehead atoms. The first kappa shape index (κ1) is 18.7. The van der Waals surface area contributed by atoms with E-state index in [2.05, 4.69) is 26.0 Å². The molecular weight excluding hydrogens is 439 g/mol. The maximum atomic E-state index is 12.9. The van der Waals surface area contributed by atoms with Crippen molar-refractivity contribution in [3.63, 3.8) is 0 Å².